The normalized spacial score (nSPS) is 22.3. The molecule has 1 amide bonds. The van der Waals surface area contributed by atoms with Gasteiger partial charge in [0.05, 0.1) is 12.2 Å². The molecule has 0 unspecified atom stereocenters. The Hall–Kier alpha value is -1.47. The standard InChI is InChI=1S/C14H24N6O/c1-19-8-4-11(5-9-19)16-14(21)13-10-20(18-17-13)12-2-6-15-7-3-12/h10-12,15H,2-9H2,1H3,(H,16,21). The molecule has 2 aliphatic rings. The molecule has 0 radical (unpaired) electrons. The van der Waals surface area contributed by atoms with Crippen molar-refractivity contribution in [2.75, 3.05) is 33.2 Å². The molecule has 2 fully saturated rings. The van der Waals surface area contributed by atoms with E-state index in [9.17, 15) is 4.79 Å². The Labute approximate surface area is 125 Å². The van der Waals surface area contributed by atoms with Gasteiger partial charge in [-0.2, -0.15) is 0 Å². The van der Waals surface area contributed by atoms with Crippen LogP contribution < -0.4 is 10.6 Å². The molecule has 3 rings (SSSR count). The van der Waals surface area contributed by atoms with Crippen LogP contribution in [-0.4, -0.2) is 65.1 Å². The second kappa shape index (κ2) is 6.53. The van der Waals surface area contributed by atoms with E-state index < -0.39 is 0 Å². The maximum absolute atomic E-state index is 12.2. The fraction of sp³-hybridized carbons (Fsp3) is 0.786. The molecule has 2 N–H and O–H groups in total. The summed E-state index contributed by atoms with van der Waals surface area (Å²) in [5.41, 5.74) is 0.437. The highest BCUT2D eigenvalue weighted by atomic mass is 16.2. The Balaban J connectivity index is 1.56. The first-order chi connectivity index (χ1) is 10.2. The third-order valence-electron chi connectivity index (χ3n) is 4.48. The lowest BCUT2D eigenvalue weighted by Gasteiger charge is -2.29. The van der Waals surface area contributed by atoms with Gasteiger partial charge in [-0.25, -0.2) is 4.68 Å². The number of amides is 1. The van der Waals surface area contributed by atoms with Crippen molar-refractivity contribution in [1.29, 1.82) is 0 Å². The molecule has 7 nitrogen and oxygen atoms in total. The molecular formula is C14H24N6O. The Bertz CT molecular complexity index is 474. The summed E-state index contributed by atoms with van der Waals surface area (Å²) in [7, 11) is 2.11. The summed E-state index contributed by atoms with van der Waals surface area (Å²) in [6.45, 7) is 4.07. The highest BCUT2D eigenvalue weighted by Crippen LogP contribution is 2.17. The average molecular weight is 292 g/mol. The zero-order chi connectivity index (χ0) is 14.7. The van der Waals surface area contributed by atoms with Gasteiger partial charge >= 0.3 is 0 Å². The lowest BCUT2D eigenvalue weighted by atomic mass is 10.1. The molecule has 21 heavy (non-hydrogen) atoms. The summed E-state index contributed by atoms with van der Waals surface area (Å²) in [5.74, 6) is -0.0928. The minimum atomic E-state index is -0.0928. The van der Waals surface area contributed by atoms with Crippen LogP contribution in [0.15, 0.2) is 6.20 Å². The van der Waals surface area contributed by atoms with E-state index in [0.717, 1.165) is 51.9 Å². The second-order valence-corrected chi connectivity index (χ2v) is 6.12. The largest absolute Gasteiger partial charge is 0.348 e. The van der Waals surface area contributed by atoms with Crippen LogP contribution in [0.25, 0.3) is 0 Å². The fourth-order valence-electron chi connectivity index (χ4n) is 3.04. The van der Waals surface area contributed by atoms with Crippen molar-refractivity contribution in [3.63, 3.8) is 0 Å². The van der Waals surface area contributed by atoms with Crippen LogP contribution >= 0.6 is 0 Å². The highest BCUT2D eigenvalue weighted by molar-refractivity contribution is 5.92. The van der Waals surface area contributed by atoms with Crippen molar-refractivity contribution >= 4 is 5.91 Å². The molecule has 1 aromatic rings. The van der Waals surface area contributed by atoms with Crippen LogP contribution in [0, 0.1) is 0 Å². The molecule has 2 saturated heterocycles. The Morgan fingerprint density at radius 1 is 1.29 bits per heavy atom. The first kappa shape index (κ1) is 14.5. The van der Waals surface area contributed by atoms with Gasteiger partial charge < -0.3 is 15.5 Å². The lowest BCUT2D eigenvalue weighted by Crippen LogP contribution is -2.43. The number of piperidine rings is 2. The van der Waals surface area contributed by atoms with Crippen LogP contribution in [0.2, 0.25) is 0 Å². The quantitative estimate of drug-likeness (QED) is 0.822. The van der Waals surface area contributed by atoms with Crippen molar-refractivity contribution in [3.8, 4) is 0 Å². The van der Waals surface area contributed by atoms with Crippen LogP contribution in [0.1, 0.15) is 42.2 Å². The van der Waals surface area contributed by atoms with Gasteiger partial charge in [0.2, 0.25) is 0 Å². The first-order valence-electron chi connectivity index (χ1n) is 7.84. The summed E-state index contributed by atoms with van der Waals surface area (Å²) in [6.07, 6.45) is 5.88. The van der Waals surface area contributed by atoms with Crippen molar-refractivity contribution in [2.45, 2.75) is 37.8 Å². The molecule has 116 valence electrons. The predicted molar refractivity (Wildman–Crippen MR) is 79.1 cm³/mol. The maximum atomic E-state index is 12.2. The zero-order valence-electron chi connectivity index (χ0n) is 12.6. The number of aromatic nitrogens is 3. The monoisotopic (exact) mass is 292 g/mol. The third-order valence-corrected chi connectivity index (χ3v) is 4.48. The molecule has 0 aromatic carbocycles. The molecule has 0 aliphatic carbocycles. The number of carbonyl (C=O) groups excluding carboxylic acids is 1. The van der Waals surface area contributed by atoms with Crippen LogP contribution in [0.4, 0.5) is 0 Å². The number of nitrogens with one attached hydrogen (secondary N) is 2. The zero-order valence-corrected chi connectivity index (χ0v) is 12.6. The molecule has 0 atom stereocenters. The Morgan fingerprint density at radius 2 is 2.00 bits per heavy atom. The summed E-state index contributed by atoms with van der Waals surface area (Å²) in [6, 6.07) is 0.626. The molecular weight excluding hydrogens is 268 g/mol. The van der Waals surface area contributed by atoms with Gasteiger partial charge in [-0.15, -0.1) is 5.10 Å². The first-order valence-corrected chi connectivity index (χ1v) is 7.84. The average Bonchev–Trinajstić information content (AvgIpc) is 3.00. The van der Waals surface area contributed by atoms with Gasteiger partial charge in [0.1, 0.15) is 0 Å². The number of hydrogen-bond acceptors (Lipinski definition) is 5. The van der Waals surface area contributed by atoms with E-state index in [-0.39, 0.29) is 11.9 Å². The topological polar surface area (TPSA) is 75.1 Å². The van der Waals surface area contributed by atoms with E-state index >= 15 is 0 Å². The van der Waals surface area contributed by atoms with Crippen molar-refractivity contribution in [2.24, 2.45) is 0 Å². The molecule has 0 bridgehead atoms. The molecule has 3 heterocycles. The van der Waals surface area contributed by atoms with Gasteiger partial charge in [0.15, 0.2) is 5.69 Å². The molecule has 7 heteroatoms. The van der Waals surface area contributed by atoms with E-state index in [0.29, 0.717) is 11.7 Å². The van der Waals surface area contributed by atoms with Crippen molar-refractivity contribution in [3.05, 3.63) is 11.9 Å². The van der Waals surface area contributed by atoms with E-state index in [1.165, 1.54) is 0 Å². The highest BCUT2D eigenvalue weighted by Gasteiger charge is 2.22. The number of likely N-dealkylation sites (tertiary alicyclic amines) is 1. The van der Waals surface area contributed by atoms with E-state index in [4.69, 9.17) is 0 Å². The second-order valence-electron chi connectivity index (χ2n) is 6.12. The van der Waals surface area contributed by atoms with Crippen molar-refractivity contribution in [1.82, 2.24) is 30.5 Å². The summed E-state index contributed by atoms with van der Waals surface area (Å²) in [5, 5.41) is 14.6. The number of carbonyl (C=O) groups is 1. The summed E-state index contributed by atoms with van der Waals surface area (Å²) < 4.78 is 1.85. The van der Waals surface area contributed by atoms with E-state index in [1.807, 2.05) is 4.68 Å². The van der Waals surface area contributed by atoms with Gasteiger partial charge in [-0.1, -0.05) is 5.21 Å². The van der Waals surface area contributed by atoms with Crippen LogP contribution in [0.3, 0.4) is 0 Å². The third kappa shape index (κ3) is 3.59. The van der Waals surface area contributed by atoms with Crippen LogP contribution in [0.5, 0.6) is 0 Å². The van der Waals surface area contributed by atoms with Gasteiger partial charge in [0, 0.05) is 6.04 Å². The fourth-order valence-corrected chi connectivity index (χ4v) is 3.04. The number of nitrogens with zero attached hydrogens (tertiary/aromatic N) is 4. The number of hydrogen-bond donors (Lipinski definition) is 2. The van der Waals surface area contributed by atoms with E-state index in [1.54, 1.807) is 6.20 Å². The smallest absolute Gasteiger partial charge is 0.273 e. The maximum Gasteiger partial charge on any atom is 0.273 e. The minimum Gasteiger partial charge on any atom is -0.348 e. The molecule has 0 spiro atoms. The SMILES string of the molecule is CN1CCC(NC(=O)c2cn(C3CCNCC3)nn2)CC1. The Morgan fingerprint density at radius 3 is 2.71 bits per heavy atom. The number of rotatable bonds is 3. The predicted octanol–water partition coefficient (Wildman–Crippen LogP) is 0.0266. The molecule has 2 aliphatic heterocycles. The lowest BCUT2D eigenvalue weighted by molar-refractivity contribution is 0.0911. The van der Waals surface area contributed by atoms with Gasteiger partial charge in [0.25, 0.3) is 5.91 Å². The van der Waals surface area contributed by atoms with Gasteiger partial charge in [-0.3, -0.25) is 4.79 Å². The summed E-state index contributed by atoms with van der Waals surface area (Å²) >= 11 is 0. The minimum absolute atomic E-state index is 0.0928. The summed E-state index contributed by atoms with van der Waals surface area (Å²) in [4.78, 5) is 14.5. The van der Waals surface area contributed by atoms with Crippen LogP contribution in [-0.2, 0) is 0 Å². The van der Waals surface area contributed by atoms with Gasteiger partial charge in [-0.05, 0) is 58.9 Å². The molecule has 0 saturated carbocycles. The van der Waals surface area contributed by atoms with E-state index in [2.05, 4.69) is 32.9 Å². The van der Waals surface area contributed by atoms with Crippen molar-refractivity contribution < 1.29 is 4.79 Å². The Kier molecular flexibility index (Phi) is 4.50. The molecule has 1 aromatic heterocycles.